The van der Waals surface area contributed by atoms with E-state index >= 15 is 0 Å². The van der Waals surface area contributed by atoms with Crippen molar-refractivity contribution in [1.82, 2.24) is 5.32 Å². The fourth-order valence-corrected chi connectivity index (χ4v) is 3.48. The summed E-state index contributed by atoms with van der Waals surface area (Å²) in [6.45, 7) is 4.74. The molecule has 0 radical (unpaired) electrons. The van der Waals surface area contributed by atoms with E-state index in [0.29, 0.717) is 18.8 Å². The number of halogens is 2. The number of aliphatic imine (C=N–C) groups is 1. The van der Waals surface area contributed by atoms with Crippen molar-refractivity contribution in [3.05, 3.63) is 94.5 Å². The van der Waals surface area contributed by atoms with E-state index in [1.165, 1.54) is 0 Å². The third kappa shape index (κ3) is 7.14. The van der Waals surface area contributed by atoms with Crippen LogP contribution in [-0.4, -0.2) is 24.8 Å². The van der Waals surface area contributed by atoms with Crippen LogP contribution in [0.3, 0.4) is 0 Å². The van der Waals surface area contributed by atoms with Gasteiger partial charge in [0.2, 0.25) is 0 Å². The van der Waals surface area contributed by atoms with E-state index in [-0.39, 0.29) is 30.6 Å². The molecule has 0 saturated heterocycles. The second-order valence-electron chi connectivity index (χ2n) is 7.52. The minimum absolute atomic E-state index is 0. The van der Waals surface area contributed by atoms with Crippen LogP contribution in [0, 0.1) is 12.3 Å². The molecule has 0 spiro atoms. The summed E-state index contributed by atoms with van der Waals surface area (Å²) in [6, 6.07) is 21.6. The van der Waals surface area contributed by atoms with E-state index in [0.717, 1.165) is 52.7 Å². The minimum atomic E-state index is 0. The highest BCUT2D eigenvalue weighted by Crippen LogP contribution is 2.19. The SMILES string of the molecule is Cc1cc(COc2ccc(C(=N)N)cc2)cc(COc2ccc(C3=NCCN3)cc2)c1.Cl.Cl. The molecule has 0 aliphatic carbocycles. The number of amidine groups is 2. The summed E-state index contributed by atoms with van der Waals surface area (Å²) in [5.41, 5.74) is 10.6. The fraction of sp³-hybridized carbons (Fsp3) is 0.200. The smallest absolute Gasteiger partial charge is 0.128 e. The molecular weight excluding hydrogens is 459 g/mol. The van der Waals surface area contributed by atoms with Crippen molar-refractivity contribution in [2.75, 3.05) is 13.1 Å². The molecule has 33 heavy (non-hydrogen) atoms. The zero-order valence-electron chi connectivity index (χ0n) is 18.3. The lowest BCUT2D eigenvalue weighted by Gasteiger charge is -2.12. The molecule has 1 aliphatic heterocycles. The second-order valence-corrected chi connectivity index (χ2v) is 7.52. The molecule has 3 aromatic carbocycles. The molecule has 4 N–H and O–H groups in total. The average molecular weight is 487 g/mol. The summed E-state index contributed by atoms with van der Waals surface area (Å²) < 4.78 is 11.9. The molecule has 1 aliphatic rings. The van der Waals surface area contributed by atoms with Crippen molar-refractivity contribution in [3.63, 3.8) is 0 Å². The lowest BCUT2D eigenvalue weighted by molar-refractivity contribution is 0.299. The highest BCUT2D eigenvalue weighted by molar-refractivity contribution is 5.99. The van der Waals surface area contributed by atoms with E-state index in [9.17, 15) is 0 Å². The molecule has 0 atom stereocenters. The first kappa shape index (κ1) is 26.0. The Bertz CT molecular complexity index is 1100. The van der Waals surface area contributed by atoms with Gasteiger partial charge < -0.3 is 20.5 Å². The van der Waals surface area contributed by atoms with Gasteiger partial charge in [0.25, 0.3) is 0 Å². The van der Waals surface area contributed by atoms with Crippen molar-refractivity contribution < 1.29 is 9.47 Å². The summed E-state index contributed by atoms with van der Waals surface area (Å²) in [5, 5.41) is 10.7. The molecule has 1 heterocycles. The predicted octanol–water partition coefficient (Wildman–Crippen LogP) is 4.63. The molecule has 0 saturated carbocycles. The van der Waals surface area contributed by atoms with Crippen LogP contribution >= 0.6 is 24.8 Å². The molecular formula is C25H28Cl2N4O2. The fourth-order valence-electron chi connectivity index (χ4n) is 3.48. The van der Waals surface area contributed by atoms with Gasteiger partial charge in [-0.3, -0.25) is 10.4 Å². The number of hydrogen-bond donors (Lipinski definition) is 3. The summed E-state index contributed by atoms with van der Waals surface area (Å²) in [4.78, 5) is 4.44. The van der Waals surface area contributed by atoms with E-state index in [1.807, 2.05) is 36.4 Å². The van der Waals surface area contributed by atoms with Crippen molar-refractivity contribution in [1.29, 1.82) is 5.41 Å². The van der Waals surface area contributed by atoms with Crippen LogP contribution in [0.2, 0.25) is 0 Å². The van der Waals surface area contributed by atoms with Crippen molar-refractivity contribution in [2.45, 2.75) is 20.1 Å². The topological polar surface area (TPSA) is 92.7 Å². The molecule has 0 fully saturated rings. The quantitative estimate of drug-likeness (QED) is 0.319. The number of nitrogens with zero attached hydrogens (tertiary/aromatic N) is 1. The van der Waals surface area contributed by atoms with Crippen LogP contribution in [0.1, 0.15) is 27.8 Å². The molecule has 0 amide bonds. The standard InChI is InChI=1S/C25H26N4O2.2ClH/c1-17-12-18(15-30-22-6-2-20(3-7-22)24(26)27)14-19(13-17)16-31-23-8-4-21(5-9-23)25-28-10-11-29-25;;/h2-9,12-14H,10-11,15-16H2,1H3,(H3,26,27)(H,28,29);2*1H. The average Bonchev–Trinajstić information content (AvgIpc) is 3.32. The number of hydrogen-bond acceptors (Lipinski definition) is 5. The lowest BCUT2D eigenvalue weighted by atomic mass is 10.1. The number of nitrogens with two attached hydrogens (primary N) is 1. The third-order valence-corrected chi connectivity index (χ3v) is 4.98. The molecule has 0 aromatic heterocycles. The van der Waals surface area contributed by atoms with Gasteiger partial charge in [-0.2, -0.15) is 0 Å². The zero-order chi connectivity index (χ0) is 21.6. The molecule has 3 aromatic rings. The Hall–Kier alpha value is -3.22. The first-order valence-corrected chi connectivity index (χ1v) is 10.2. The second kappa shape index (κ2) is 12.1. The van der Waals surface area contributed by atoms with Crippen LogP contribution in [0.5, 0.6) is 11.5 Å². The third-order valence-electron chi connectivity index (χ3n) is 4.98. The van der Waals surface area contributed by atoms with Gasteiger partial charge in [-0.1, -0.05) is 17.7 Å². The maximum atomic E-state index is 7.46. The molecule has 8 heteroatoms. The summed E-state index contributed by atoms with van der Waals surface area (Å²) >= 11 is 0. The van der Waals surface area contributed by atoms with Crippen LogP contribution in [-0.2, 0) is 13.2 Å². The van der Waals surface area contributed by atoms with Gasteiger partial charge in [-0.15, -0.1) is 24.8 Å². The lowest BCUT2D eigenvalue weighted by Crippen LogP contribution is -2.19. The first-order valence-electron chi connectivity index (χ1n) is 10.2. The number of nitrogen functional groups attached to an aromatic ring is 1. The predicted molar refractivity (Wildman–Crippen MR) is 138 cm³/mol. The molecule has 0 bridgehead atoms. The van der Waals surface area contributed by atoms with Gasteiger partial charge in [-0.05, 0) is 72.6 Å². The number of rotatable bonds is 8. The van der Waals surface area contributed by atoms with Crippen molar-refractivity contribution in [2.24, 2.45) is 10.7 Å². The van der Waals surface area contributed by atoms with Gasteiger partial charge in [0.15, 0.2) is 0 Å². The molecule has 6 nitrogen and oxygen atoms in total. The number of nitrogens with one attached hydrogen (secondary N) is 2. The summed E-state index contributed by atoms with van der Waals surface area (Å²) in [5.74, 6) is 2.57. The highest BCUT2D eigenvalue weighted by atomic mass is 35.5. The normalized spacial score (nSPS) is 12.0. The Balaban J connectivity index is 0.00000193. The van der Waals surface area contributed by atoms with Gasteiger partial charge in [0, 0.05) is 17.7 Å². The molecule has 174 valence electrons. The van der Waals surface area contributed by atoms with Gasteiger partial charge in [0.1, 0.15) is 36.4 Å². The van der Waals surface area contributed by atoms with Crippen LogP contribution in [0.25, 0.3) is 0 Å². The van der Waals surface area contributed by atoms with Gasteiger partial charge in [-0.25, -0.2) is 0 Å². The van der Waals surface area contributed by atoms with E-state index in [2.05, 4.69) is 35.4 Å². The van der Waals surface area contributed by atoms with Crippen molar-refractivity contribution in [3.8, 4) is 11.5 Å². The number of benzene rings is 3. The number of aryl methyl sites for hydroxylation is 1. The van der Waals surface area contributed by atoms with Gasteiger partial charge in [0.05, 0.1) is 6.54 Å². The highest BCUT2D eigenvalue weighted by Gasteiger charge is 2.08. The maximum absolute atomic E-state index is 7.46. The maximum Gasteiger partial charge on any atom is 0.128 e. The Labute approximate surface area is 206 Å². The summed E-state index contributed by atoms with van der Waals surface area (Å²) in [7, 11) is 0. The van der Waals surface area contributed by atoms with Crippen LogP contribution in [0.4, 0.5) is 0 Å². The Morgan fingerprint density at radius 1 is 0.909 bits per heavy atom. The van der Waals surface area contributed by atoms with E-state index in [1.54, 1.807) is 12.1 Å². The number of ether oxygens (including phenoxy) is 2. The minimum Gasteiger partial charge on any atom is -0.489 e. The van der Waals surface area contributed by atoms with Crippen LogP contribution in [0.15, 0.2) is 71.7 Å². The molecule has 4 rings (SSSR count). The Morgan fingerprint density at radius 2 is 1.45 bits per heavy atom. The zero-order valence-corrected chi connectivity index (χ0v) is 20.0. The van der Waals surface area contributed by atoms with Gasteiger partial charge >= 0.3 is 0 Å². The van der Waals surface area contributed by atoms with Crippen LogP contribution < -0.4 is 20.5 Å². The Kier molecular flexibility index (Phi) is 9.57. The Morgan fingerprint density at radius 3 is 1.94 bits per heavy atom. The largest absolute Gasteiger partial charge is 0.489 e. The van der Waals surface area contributed by atoms with E-state index in [4.69, 9.17) is 20.6 Å². The van der Waals surface area contributed by atoms with E-state index < -0.39 is 0 Å². The summed E-state index contributed by atoms with van der Waals surface area (Å²) in [6.07, 6.45) is 0. The first-order chi connectivity index (χ1) is 15.1. The molecule has 0 unspecified atom stereocenters. The monoisotopic (exact) mass is 486 g/mol. The van der Waals surface area contributed by atoms with Crippen molar-refractivity contribution >= 4 is 36.5 Å².